The summed E-state index contributed by atoms with van der Waals surface area (Å²) in [5.41, 5.74) is 1.01. The lowest BCUT2D eigenvalue weighted by molar-refractivity contribution is 0.985. The molecule has 0 unspecified atom stereocenters. The zero-order valence-corrected chi connectivity index (χ0v) is 10.7. The topological polar surface area (TPSA) is 57.8 Å². The molecule has 2 aromatic rings. The van der Waals surface area contributed by atoms with Crippen LogP contribution in [0, 0.1) is 0 Å². The Hall–Kier alpha value is -1.62. The Kier molecular flexibility index (Phi) is 3.93. The fourth-order valence-electron chi connectivity index (χ4n) is 1.48. The largest absolute Gasteiger partial charge is 0.365 e. The highest BCUT2D eigenvalue weighted by Crippen LogP contribution is 2.03. The smallest absolute Gasteiger partial charge is 0.291 e. The van der Waals surface area contributed by atoms with Crippen LogP contribution in [0.25, 0.3) is 0 Å². The molecule has 0 aliphatic heterocycles. The van der Waals surface area contributed by atoms with E-state index in [0.717, 1.165) is 6.42 Å². The monoisotopic (exact) mass is 293 g/mol. The Bertz CT molecular complexity index is 539. The highest BCUT2D eigenvalue weighted by atomic mass is 79.9. The van der Waals surface area contributed by atoms with Crippen LogP contribution in [0.2, 0.25) is 0 Å². The summed E-state index contributed by atoms with van der Waals surface area (Å²) in [7, 11) is 0. The Morgan fingerprint density at radius 3 is 2.76 bits per heavy atom. The summed E-state index contributed by atoms with van der Waals surface area (Å²) < 4.78 is 0.580. The minimum Gasteiger partial charge on any atom is -0.365 e. The van der Waals surface area contributed by atoms with Gasteiger partial charge in [-0.15, -0.1) is 0 Å². The molecule has 0 radical (unpaired) electrons. The lowest BCUT2D eigenvalue weighted by Crippen LogP contribution is -2.17. The molecule has 0 saturated heterocycles. The molecule has 2 rings (SSSR count). The van der Waals surface area contributed by atoms with Gasteiger partial charge in [0.15, 0.2) is 5.82 Å². The van der Waals surface area contributed by atoms with Crippen LogP contribution in [0.4, 0.5) is 5.82 Å². The number of anilines is 1. The number of halogens is 1. The van der Waals surface area contributed by atoms with Gasteiger partial charge >= 0.3 is 0 Å². The van der Waals surface area contributed by atoms with E-state index in [4.69, 9.17) is 0 Å². The molecule has 2 N–H and O–H groups in total. The fraction of sp³-hybridized carbons (Fsp3) is 0.167. The van der Waals surface area contributed by atoms with Gasteiger partial charge in [-0.05, 0) is 27.9 Å². The van der Waals surface area contributed by atoms with Crippen molar-refractivity contribution < 1.29 is 0 Å². The summed E-state index contributed by atoms with van der Waals surface area (Å²) in [6, 6.07) is 10.1. The summed E-state index contributed by atoms with van der Waals surface area (Å²) in [4.78, 5) is 18.1. The van der Waals surface area contributed by atoms with Crippen molar-refractivity contribution >= 4 is 21.7 Å². The van der Waals surface area contributed by atoms with Crippen LogP contribution in [0.3, 0.4) is 0 Å². The van der Waals surface area contributed by atoms with Gasteiger partial charge in [-0.1, -0.05) is 30.3 Å². The number of aromatic amines is 1. The normalized spacial score (nSPS) is 10.2. The van der Waals surface area contributed by atoms with E-state index in [1.165, 1.54) is 5.56 Å². The summed E-state index contributed by atoms with van der Waals surface area (Å²) in [5, 5.41) is 3.01. The Labute approximate surface area is 107 Å². The molecule has 0 amide bonds. The molecule has 0 spiro atoms. The third-order valence-electron chi connectivity index (χ3n) is 2.30. The van der Waals surface area contributed by atoms with Crippen LogP contribution in [0.1, 0.15) is 5.56 Å². The highest BCUT2D eigenvalue weighted by Gasteiger charge is 2.00. The molecule has 88 valence electrons. The first-order valence-corrected chi connectivity index (χ1v) is 6.07. The van der Waals surface area contributed by atoms with E-state index in [0.29, 0.717) is 17.0 Å². The van der Waals surface area contributed by atoms with Gasteiger partial charge in [0.2, 0.25) is 0 Å². The highest BCUT2D eigenvalue weighted by molar-refractivity contribution is 9.10. The summed E-state index contributed by atoms with van der Waals surface area (Å²) in [5.74, 6) is 0.351. The van der Waals surface area contributed by atoms with E-state index in [1.807, 2.05) is 18.2 Å². The molecule has 0 aliphatic carbocycles. The minimum atomic E-state index is -0.215. The molecular weight excluding hydrogens is 282 g/mol. The molecule has 0 bridgehead atoms. The van der Waals surface area contributed by atoms with E-state index in [1.54, 1.807) is 6.20 Å². The lowest BCUT2D eigenvalue weighted by atomic mass is 10.1. The van der Waals surface area contributed by atoms with E-state index < -0.39 is 0 Å². The number of hydrogen-bond donors (Lipinski definition) is 2. The summed E-state index contributed by atoms with van der Waals surface area (Å²) in [6.07, 6.45) is 2.42. The Morgan fingerprint density at radius 1 is 1.29 bits per heavy atom. The summed E-state index contributed by atoms with van der Waals surface area (Å²) in [6.45, 7) is 0.682. The first-order chi connectivity index (χ1) is 8.25. The van der Waals surface area contributed by atoms with E-state index >= 15 is 0 Å². The molecule has 1 heterocycles. The second-order valence-corrected chi connectivity index (χ2v) is 4.43. The third-order valence-corrected chi connectivity index (χ3v) is 2.71. The average molecular weight is 294 g/mol. The van der Waals surface area contributed by atoms with Crippen molar-refractivity contribution in [3.63, 3.8) is 0 Å². The maximum atomic E-state index is 11.5. The molecule has 1 aromatic heterocycles. The fourth-order valence-corrected chi connectivity index (χ4v) is 1.76. The van der Waals surface area contributed by atoms with Crippen LogP contribution >= 0.6 is 15.9 Å². The van der Waals surface area contributed by atoms with Crippen molar-refractivity contribution in [3.8, 4) is 0 Å². The Morgan fingerprint density at radius 2 is 2.06 bits per heavy atom. The van der Waals surface area contributed by atoms with Gasteiger partial charge in [-0.2, -0.15) is 0 Å². The molecule has 0 atom stereocenters. The number of hydrogen-bond acceptors (Lipinski definition) is 3. The van der Waals surface area contributed by atoms with Crippen molar-refractivity contribution in [1.29, 1.82) is 0 Å². The van der Waals surface area contributed by atoms with Crippen LogP contribution in [-0.2, 0) is 6.42 Å². The molecule has 0 fully saturated rings. The molecule has 5 heteroatoms. The number of benzene rings is 1. The average Bonchev–Trinajstić information content (AvgIpc) is 2.33. The first kappa shape index (κ1) is 11.9. The van der Waals surface area contributed by atoms with E-state index in [-0.39, 0.29) is 5.56 Å². The number of rotatable bonds is 4. The number of H-pyrrole nitrogens is 1. The van der Waals surface area contributed by atoms with Crippen molar-refractivity contribution in [2.75, 3.05) is 11.9 Å². The maximum Gasteiger partial charge on any atom is 0.291 e. The quantitative estimate of drug-likeness (QED) is 0.908. The first-order valence-electron chi connectivity index (χ1n) is 5.28. The van der Waals surface area contributed by atoms with Gasteiger partial charge in [0.25, 0.3) is 5.56 Å². The molecule has 17 heavy (non-hydrogen) atoms. The predicted molar refractivity (Wildman–Crippen MR) is 71.2 cm³/mol. The predicted octanol–water partition coefficient (Wildman–Crippen LogP) is 2.19. The van der Waals surface area contributed by atoms with Gasteiger partial charge in [0.05, 0.1) is 6.20 Å². The molecule has 4 nitrogen and oxygen atoms in total. The number of aromatic nitrogens is 2. The minimum absolute atomic E-state index is 0.215. The van der Waals surface area contributed by atoms with E-state index in [9.17, 15) is 4.79 Å². The second-order valence-electron chi connectivity index (χ2n) is 3.57. The third kappa shape index (κ3) is 3.42. The van der Waals surface area contributed by atoms with Crippen molar-refractivity contribution in [2.24, 2.45) is 0 Å². The number of nitrogens with zero attached hydrogens (tertiary/aromatic N) is 1. The van der Waals surface area contributed by atoms with Crippen molar-refractivity contribution in [1.82, 2.24) is 9.97 Å². The van der Waals surface area contributed by atoms with Crippen LogP contribution < -0.4 is 10.9 Å². The molecule has 0 aliphatic rings. The number of nitrogens with one attached hydrogen (secondary N) is 2. The van der Waals surface area contributed by atoms with Crippen LogP contribution in [0.15, 0.2) is 45.9 Å². The molecular formula is C12H12BrN3O. The second kappa shape index (κ2) is 5.63. The zero-order chi connectivity index (χ0) is 12.1. The van der Waals surface area contributed by atoms with Gasteiger partial charge in [-0.25, -0.2) is 4.98 Å². The van der Waals surface area contributed by atoms with E-state index in [2.05, 4.69) is 43.3 Å². The maximum absolute atomic E-state index is 11.5. The molecule has 1 aromatic carbocycles. The summed E-state index contributed by atoms with van der Waals surface area (Å²) >= 11 is 3.16. The van der Waals surface area contributed by atoms with Gasteiger partial charge in [-0.3, -0.25) is 4.79 Å². The standard InChI is InChI=1S/C12H12BrN3O/c13-10-8-15-11(12(17)16-10)14-7-6-9-4-2-1-3-5-9/h1-5,8H,6-7H2,(H,14,15)(H,16,17). The Balaban J connectivity index is 1.93. The zero-order valence-electron chi connectivity index (χ0n) is 9.11. The van der Waals surface area contributed by atoms with Gasteiger partial charge < -0.3 is 10.3 Å². The molecule has 0 saturated carbocycles. The lowest BCUT2D eigenvalue weighted by Gasteiger charge is -2.04. The van der Waals surface area contributed by atoms with Crippen LogP contribution in [0.5, 0.6) is 0 Å². The van der Waals surface area contributed by atoms with Gasteiger partial charge in [0, 0.05) is 6.54 Å². The SMILES string of the molecule is O=c1[nH]c(Br)cnc1NCCc1ccccc1. The van der Waals surface area contributed by atoms with Crippen molar-refractivity contribution in [3.05, 3.63) is 57.0 Å². The van der Waals surface area contributed by atoms with Crippen molar-refractivity contribution in [2.45, 2.75) is 6.42 Å². The van der Waals surface area contributed by atoms with Crippen LogP contribution in [-0.4, -0.2) is 16.5 Å². The van der Waals surface area contributed by atoms with Gasteiger partial charge in [0.1, 0.15) is 4.60 Å².